The van der Waals surface area contributed by atoms with Crippen LogP contribution in [-0.2, 0) is 14.3 Å². The Bertz CT molecular complexity index is 482. The number of aliphatic hydroxyl groups excluding tert-OH is 1. The Hall–Kier alpha value is -1.07. The predicted molar refractivity (Wildman–Crippen MR) is 100 cm³/mol. The van der Waals surface area contributed by atoms with Crippen molar-refractivity contribution in [2.45, 2.75) is 83.5 Å². The van der Waals surface area contributed by atoms with E-state index in [1.165, 1.54) is 38.5 Å². The summed E-state index contributed by atoms with van der Waals surface area (Å²) >= 11 is 0. The maximum absolute atomic E-state index is 12.8. The van der Waals surface area contributed by atoms with E-state index in [0.29, 0.717) is 24.2 Å². The minimum atomic E-state index is -0.380. The first-order valence-corrected chi connectivity index (χ1v) is 10.6. The predicted octanol–water partition coefficient (Wildman–Crippen LogP) is 3.52. The van der Waals surface area contributed by atoms with E-state index >= 15 is 0 Å². The first-order chi connectivity index (χ1) is 12.7. The third kappa shape index (κ3) is 4.80. The molecule has 2 saturated carbocycles. The molecule has 2 N–H and O–H groups in total. The first kappa shape index (κ1) is 19.7. The molecule has 0 radical (unpaired) electrons. The van der Waals surface area contributed by atoms with Crippen molar-refractivity contribution in [3.63, 3.8) is 0 Å². The number of amides is 1. The van der Waals surface area contributed by atoms with Crippen molar-refractivity contribution < 1.29 is 19.4 Å². The first-order valence-electron chi connectivity index (χ1n) is 10.6. The van der Waals surface area contributed by atoms with Gasteiger partial charge in [-0.25, -0.2) is 0 Å². The van der Waals surface area contributed by atoms with E-state index in [2.05, 4.69) is 11.4 Å². The van der Waals surface area contributed by atoms with Gasteiger partial charge in [0.25, 0.3) is 5.91 Å². The molecule has 3 rings (SSSR count). The molecule has 3 atom stereocenters. The van der Waals surface area contributed by atoms with Crippen molar-refractivity contribution in [3.8, 4) is 0 Å². The van der Waals surface area contributed by atoms with Crippen LogP contribution in [0.4, 0.5) is 0 Å². The van der Waals surface area contributed by atoms with Gasteiger partial charge in [-0.3, -0.25) is 4.79 Å². The van der Waals surface area contributed by atoms with E-state index in [-0.39, 0.29) is 30.8 Å². The van der Waals surface area contributed by atoms with Crippen LogP contribution in [0.25, 0.3) is 0 Å². The molecule has 0 aromatic heterocycles. The Morgan fingerprint density at radius 2 is 2.00 bits per heavy atom. The number of hydrogen-bond acceptors (Lipinski definition) is 4. The highest BCUT2D eigenvalue weighted by Crippen LogP contribution is 2.44. The van der Waals surface area contributed by atoms with Gasteiger partial charge in [-0.1, -0.05) is 25.7 Å². The lowest BCUT2D eigenvalue weighted by Gasteiger charge is -2.43. The number of nitrogens with one attached hydrogen (secondary N) is 1. The molecule has 0 aromatic carbocycles. The molecule has 148 valence electrons. The van der Waals surface area contributed by atoms with Gasteiger partial charge in [0.15, 0.2) is 5.76 Å². The fourth-order valence-corrected chi connectivity index (χ4v) is 4.65. The van der Waals surface area contributed by atoms with Crippen molar-refractivity contribution in [1.82, 2.24) is 5.32 Å². The maximum Gasteiger partial charge on any atom is 0.286 e. The minimum absolute atomic E-state index is 0.0773. The molecule has 1 heterocycles. The van der Waals surface area contributed by atoms with Crippen LogP contribution in [0.3, 0.4) is 0 Å². The van der Waals surface area contributed by atoms with E-state index in [1.807, 2.05) is 6.92 Å². The van der Waals surface area contributed by atoms with Gasteiger partial charge in [-0.15, -0.1) is 0 Å². The van der Waals surface area contributed by atoms with Crippen molar-refractivity contribution in [2.24, 2.45) is 17.8 Å². The Balaban J connectivity index is 1.72. The van der Waals surface area contributed by atoms with Crippen LogP contribution < -0.4 is 5.32 Å². The molecule has 2 fully saturated rings. The standard InChI is InChI=1S/C21H35NO4/c1-2-25-21-17(12-7-13-23)18(15-8-6-9-15)14-19(26-21)20(24)22-16-10-4-3-5-11-16/h14-18,21,23H,2-13H2,1H3,(H,22,24)/t17-,18+,21+/m0/s1. The van der Waals surface area contributed by atoms with Gasteiger partial charge in [-0.05, 0) is 63.4 Å². The zero-order chi connectivity index (χ0) is 18.4. The molecule has 0 bridgehead atoms. The molecule has 1 amide bonds. The summed E-state index contributed by atoms with van der Waals surface area (Å²) in [6.07, 6.45) is 12.8. The number of aliphatic hydroxyl groups is 1. The van der Waals surface area contributed by atoms with Crippen molar-refractivity contribution in [3.05, 3.63) is 11.8 Å². The lowest BCUT2D eigenvalue weighted by molar-refractivity contribution is -0.178. The molecule has 1 aliphatic heterocycles. The Morgan fingerprint density at radius 1 is 1.23 bits per heavy atom. The van der Waals surface area contributed by atoms with E-state index in [1.54, 1.807) is 0 Å². The zero-order valence-corrected chi connectivity index (χ0v) is 16.1. The van der Waals surface area contributed by atoms with E-state index in [0.717, 1.165) is 25.7 Å². The Labute approximate surface area is 157 Å². The summed E-state index contributed by atoms with van der Waals surface area (Å²) in [7, 11) is 0. The largest absolute Gasteiger partial charge is 0.459 e. The van der Waals surface area contributed by atoms with E-state index in [9.17, 15) is 9.90 Å². The normalized spacial score (nSPS) is 30.2. The van der Waals surface area contributed by atoms with Gasteiger partial charge >= 0.3 is 0 Å². The van der Waals surface area contributed by atoms with Gasteiger partial charge < -0.3 is 19.9 Å². The highest BCUT2D eigenvalue weighted by atomic mass is 16.7. The van der Waals surface area contributed by atoms with Crippen LogP contribution in [-0.4, -0.2) is 36.6 Å². The molecule has 3 aliphatic rings. The molecule has 0 saturated heterocycles. The second-order valence-electron chi connectivity index (χ2n) is 8.08. The summed E-state index contributed by atoms with van der Waals surface area (Å²) in [5.74, 6) is 1.52. The van der Waals surface area contributed by atoms with Crippen LogP contribution in [0, 0.1) is 17.8 Å². The van der Waals surface area contributed by atoms with E-state index in [4.69, 9.17) is 9.47 Å². The average Bonchev–Trinajstić information content (AvgIpc) is 2.60. The number of hydrogen-bond donors (Lipinski definition) is 2. The summed E-state index contributed by atoms with van der Waals surface area (Å²) in [5, 5.41) is 12.4. The summed E-state index contributed by atoms with van der Waals surface area (Å²) in [5.41, 5.74) is 0. The van der Waals surface area contributed by atoms with Gasteiger partial charge in [0.1, 0.15) is 0 Å². The van der Waals surface area contributed by atoms with E-state index < -0.39 is 0 Å². The molecule has 5 heteroatoms. The summed E-state index contributed by atoms with van der Waals surface area (Å²) in [4.78, 5) is 12.8. The summed E-state index contributed by atoms with van der Waals surface area (Å²) < 4.78 is 11.9. The third-order valence-electron chi connectivity index (χ3n) is 6.32. The smallest absolute Gasteiger partial charge is 0.286 e. The minimum Gasteiger partial charge on any atom is -0.459 e. The molecular weight excluding hydrogens is 330 g/mol. The molecule has 26 heavy (non-hydrogen) atoms. The Morgan fingerprint density at radius 3 is 2.62 bits per heavy atom. The molecular formula is C21H35NO4. The Kier molecular flexibility index (Phi) is 7.38. The molecule has 0 aromatic rings. The number of carbonyl (C=O) groups is 1. The van der Waals surface area contributed by atoms with Crippen LogP contribution in [0.2, 0.25) is 0 Å². The van der Waals surface area contributed by atoms with Crippen LogP contribution in [0.15, 0.2) is 11.8 Å². The quantitative estimate of drug-likeness (QED) is 0.691. The number of ether oxygens (including phenoxy) is 2. The lowest BCUT2D eigenvalue weighted by atomic mass is 9.68. The van der Waals surface area contributed by atoms with Crippen LogP contribution >= 0.6 is 0 Å². The van der Waals surface area contributed by atoms with Crippen molar-refractivity contribution in [1.29, 1.82) is 0 Å². The zero-order valence-electron chi connectivity index (χ0n) is 16.1. The number of carbonyl (C=O) groups excluding carboxylic acids is 1. The highest BCUT2D eigenvalue weighted by Gasteiger charge is 2.42. The fourth-order valence-electron chi connectivity index (χ4n) is 4.65. The highest BCUT2D eigenvalue weighted by molar-refractivity contribution is 5.91. The van der Waals surface area contributed by atoms with Gasteiger partial charge in [0.2, 0.25) is 6.29 Å². The second kappa shape index (κ2) is 9.75. The maximum atomic E-state index is 12.8. The lowest BCUT2D eigenvalue weighted by Crippen LogP contribution is -2.44. The fraction of sp³-hybridized carbons (Fsp3) is 0.857. The third-order valence-corrected chi connectivity index (χ3v) is 6.32. The molecule has 2 aliphatic carbocycles. The summed E-state index contributed by atoms with van der Waals surface area (Å²) in [6, 6.07) is 0.278. The number of rotatable bonds is 8. The topological polar surface area (TPSA) is 67.8 Å². The second-order valence-corrected chi connectivity index (χ2v) is 8.08. The molecule has 0 unspecified atom stereocenters. The SMILES string of the molecule is CCO[C@@H]1OC(C(=O)NC2CCCCC2)=C[C@H](C2CCC2)[C@@H]1CCCO. The van der Waals surface area contributed by atoms with Gasteiger partial charge in [0, 0.05) is 25.2 Å². The van der Waals surface area contributed by atoms with Crippen molar-refractivity contribution >= 4 is 5.91 Å². The van der Waals surface area contributed by atoms with Crippen molar-refractivity contribution in [2.75, 3.05) is 13.2 Å². The monoisotopic (exact) mass is 365 g/mol. The van der Waals surface area contributed by atoms with Gasteiger partial charge in [-0.2, -0.15) is 0 Å². The van der Waals surface area contributed by atoms with Gasteiger partial charge in [0.05, 0.1) is 0 Å². The summed E-state index contributed by atoms with van der Waals surface area (Å²) in [6.45, 7) is 2.71. The average molecular weight is 366 g/mol. The molecule has 0 spiro atoms. The van der Waals surface area contributed by atoms with Crippen LogP contribution in [0.5, 0.6) is 0 Å². The molecule has 5 nitrogen and oxygen atoms in total. The van der Waals surface area contributed by atoms with Crippen LogP contribution in [0.1, 0.15) is 71.1 Å². The number of allylic oxidation sites excluding steroid dienone is 1.